The zero-order valence-electron chi connectivity index (χ0n) is 17.2. The number of ether oxygens (including phenoxy) is 1. The smallest absolute Gasteiger partial charge is 0.155 e. The highest BCUT2D eigenvalue weighted by Gasteiger charge is 2.09. The molecule has 0 radical (unpaired) electrons. The molecule has 1 N–H and O–H groups in total. The Labute approximate surface area is 184 Å². The summed E-state index contributed by atoms with van der Waals surface area (Å²) in [5.41, 5.74) is 2.84. The Bertz CT molecular complexity index is 1590. The fraction of sp³-hybridized carbons (Fsp3) is 0.0370. The zero-order valence-corrected chi connectivity index (χ0v) is 17.2. The molecule has 154 valence electrons. The van der Waals surface area contributed by atoms with Crippen LogP contribution in [0.2, 0.25) is 0 Å². The third-order valence-corrected chi connectivity index (χ3v) is 5.16. The summed E-state index contributed by atoms with van der Waals surface area (Å²) in [6.07, 6.45) is 1.80. The summed E-state index contributed by atoms with van der Waals surface area (Å²) in [5, 5.41) is 16.2. The van der Waals surface area contributed by atoms with Crippen molar-refractivity contribution < 1.29 is 14.4 Å². The van der Waals surface area contributed by atoms with Crippen molar-refractivity contribution in [3.8, 4) is 29.0 Å². The molecule has 5 nitrogen and oxygen atoms in total. The van der Waals surface area contributed by atoms with Crippen LogP contribution in [-0.4, -0.2) is 17.3 Å². The van der Waals surface area contributed by atoms with E-state index in [1.54, 1.807) is 19.4 Å². The topological polar surface area (TPSA) is 67.8 Å². The average molecular weight is 418 g/mol. The molecular weight excluding hydrogens is 400 g/mol. The van der Waals surface area contributed by atoms with E-state index in [0.29, 0.717) is 27.8 Å². The molecule has 0 amide bonds. The third kappa shape index (κ3) is 3.78. The van der Waals surface area contributed by atoms with Gasteiger partial charge in [-0.2, -0.15) is 0 Å². The number of fused-ring (bicyclic) bond motifs is 2. The number of hydrogen-bond acceptors (Lipinski definition) is 5. The number of nitrogens with zero attached hydrogens (tertiary/aromatic N) is 2. The van der Waals surface area contributed by atoms with Gasteiger partial charge in [-0.15, -0.1) is 0 Å². The largest absolute Gasteiger partial charge is 0.497 e. The Balaban J connectivity index is 1.60. The highest BCUT2D eigenvalue weighted by molar-refractivity contribution is 5.85. The van der Waals surface area contributed by atoms with Crippen LogP contribution in [0.1, 0.15) is 11.1 Å². The van der Waals surface area contributed by atoms with Crippen molar-refractivity contribution in [1.29, 1.82) is 0 Å². The van der Waals surface area contributed by atoms with Gasteiger partial charge in [0, 0.05) is 34.2 Å². The van der Waals surface area contributed by atoms with Crippen molar-refractivity contribution in [2.45, 2.75) is 0 Å². The maximum absolute atomic E-state index is 9.57. The normalized spacial score (nSPS) is 11.3. The molecule has 5 aromatic rings. The predicted octanol–water partition coefficient (Wildman–Crippen LogP) is 5.35. The molecule has 0 aliphatic rings. The van der Waals surface area contributed by atoms with Gasteiger partial charge in [-0.05, 0) is 47.9 Å². The Morgan fingerprint density at radius 3 is 2.50 bits per heavy atom. The molecule has 5 heteroatoms. The summed E-state index contributed by atoms with van der Waals surface area (Å²) in [6, 6.07) is 24.7. The highest BCUT2D eigenvalue weighted by Crippen LogP contribution is 2.24. The number of methoxy groups -OCH3 is 1. The first-order chi connectivity index (χ1) is 15.7. The summed E-state index contributed by atoms with van der Waals surface area (Å²) in [4.78, 5) is 4.52. The lowest BCUT2D eigenvalue weighted by molar-refractivity contribution is 0.302. The minimum Gasteiger partial charge on any atom is -0.497 e. The quantitative estimate of drug-likeness (QED) is 0.239. The van der Waals surface area contributed by atoms with E-state index in [1.165, 1.54) is 0 Å². The molecule has 0 unspecified atom stereocenters. The molecular formula is C27H18N2O3. The van der Waals surface area contributed by atoms with Crippen LogP contribution < -0.4 is 10.1 Å². The molecule has 0 bridgehead atoms. The van der Waals surface area contributed by atoms with Crippen LogP contribution in [0.15, 0.2) is 94.6 Å². The van der Waals surface area contributed by atoms with Crippen LogP contribution in [0.3, 0.4) is 0 Å². The summed E-state index contributed by atoms with van der Waals surface area (Å²) < 4.78 is 11.4. The first kappa shape index (κ1) is 19.4. The predicted molar refractivity (Wildman–Crippen MR) is 123 cm³/mol. The Hall–Kier alpha value is -4.56. The molecule has 0 aliphatic carbocycles. The monoisotopic (exact) mass is 418 g/mol. The Morgan fingerprint density at radius 1 is 0.875 bits per heavy atom. The van der Waals surface area contributed by atoms with Crippen molar-refractivity contribution in [3.63, 3.8) is 0 Å². The molecule has 0 saturated heterocycles. The molecule has 2 aromatic heterocycles. The van der Waals surface area contributed by atoms with E-state index in [1.807, 2.05) is 72.8 Å². The summed E-state index contributed by atoms with van der Waals surface area (Å²) in [7, 11) is 1.63. The van der Waals surface area contributed by atoms with Gasteiger partial charge in [0.1, 0.15) is 22.4 Å². The second-order valence-corrected chi connectivity index (χ2v) is 7.21. The number of hydrogen-bond donors (Lipinski definition) is 1. The molecule has 0 saturated carbocycles. The first-order valence-electron chi connectivity index (χ1n) is 10.0. The molecule has 0 atom stereocenters. The van der Waals surface area contributed by atoms with Crippen molar-refractivity contribution in [3.05, 3.63) is 102 Å². The van der Waals surface area contributed by atoms with E-state index >= 15 is 0 Å². The third-order valence-electron chi connectivity index (χ3n) is 5.16. The lowest BCUT2D eigenvalue weighted by Crippen LogP contribution is -2.04. The van der Waals surface area contributed by atoms with E-state index in [2.05, 4.69) is 22.0 Å². The fourth-order valence-electron chi connectivity index (χ4n) is 3.52. The van der Waals surface area contributed by atoms with Crippen LogP contribution >= 0.6 is 0 Å². The van der Waals surface area contributed by atoms with E-state index in [-0.39, 0.29) is 0 Å². The van der Waals surface area contributed by atoms with Gasteiger partial charge in [0.15, 0.2) is 5.76 Å². The molecule has 3 aromatic carbocycles. The number of benzene rings is 3. The van der Waals surface area contributed by atoms with E-state index in [0.717, 1.165) is 27.6 Å². The van der Waals surface area contributed by atoms with Crippen molar-refractivity contribution in [1.82, 2.24) is 4.98 Å². The average Bonchev–Trinajstić information content (AvgIpc) is 2.86. The molecule has 2 heterocycles. The van der Waals surface area contributed by atoms with E-state index in [4.69, 9.17) is 9.15 Å². The van der Waals surface area contributed by atoms with Crippen molar-refractivity contribution >= 4 is 21.7 Å². The number of rotatable bonds is 2. The molecule has 5 rings (SSSR count). The molecule has 32 heavy (non-hydrogen) atoms. The maximum Gasteiger partial charge on any atom is 0.155 e. The fourth-order valence-corrected chi connectivity index (χ4v) is 3.52. The molecule has 0 spiro atoms. The minimum atomic E-state index is 0.406. The van der Waals surface area contributed by atoms with E-state index < -0.39 is 0 Å². The van der Waals surface area contributed by atoms with Gasteiger partial charge in [0.25, 0.3) is 0 Å². The number of pyridine rings is 1. The van der Waals surface area contributed by atoms with Gasteiger partial charge in [0.05, 0.1) is 7.11 Å². The summed E-state index contributed by atoms with van der Waals surface area (Å²) in [6.45, 7) is 0. The van der Waals surface area contributed by atoms with Crippen molar-refractivity contribution in [2.24, 2.45) is 5.16 Å². The van der Waals surface area contributed by atoms with Gasteiger partial charge in [-0.1, -0.05) is 47.3 Å². The maximum atomic E-state index is 9.57. The second kappa shape index (κ2) is 8.29. The first-order valence-corrected chi connectivity index (χ1v) is 10.0. The summed E-state index contributed by atoms with van der Waals surface area (Å²) in [5.74, 6) is 7.55. The lowest BCUT2D eigenvalue weighted by atomic mass is 10.1. The minimum absolute atomic E-state index is 0.406. The van der Waals surface area contributed by atoms with Gasteiger partial charge < -0.3 is 14.4 Å². The SMILES string of the molecule is COc1cccc(C#Cc2ccc3/c(=N/O)cc(-c4cc5ccccc5cn4)oc3c2)c1. The van der Waals surface area contributed by atoms with Crippen LogP contribution in [-0.2, 0) is 0 Å². The standard InChI is InChI=1S/C27H18N2O3/c1-31-22-8-4-5-18(13-22)9-10-19-11-12-23-24(29-30)16-27(32-26(23)14-19)25-15-20-6-2-3-7-21(20)17-28-25/h2-8,11-17,30H,1H3/b29-24+. The van der Waals surface area contributed by atoms with Gasteiger partial charge in [-0.3, -0.25) is 4.98 Å². The lowest BCUT2D eigenvalue weighted by Gasteiger charge is -2.05. The highest BCUT2D eigenvalue weighted by atomic mass is 16.5. The summed E-state index contributed by atoms with van der Waals surface area (Å²) >= 11 is 0. The molecule has 0 aliphatic heterocycles. The number of aromatic nitrogens is 1. The van der Waals surface area contributed by atoms with Crippen molar-refractivity contribution in [2.75, 3.05) is 7.11 Å². The Morgan fingerprint density at radius 2 is 1.69 bits per heavy atom. The van der Waals surface area contributed by atoms with Gasteiger partial charge in [0.2, 0.25) is 0 Å². The van der Waals surface area contributed by atoms with Crippen LogP contribution in [0.4, 0.5) is 0 Å². The van der Waals surface area contributed by atoms with E-state index in [9.17, 15) is 5.21 Å². The molecule has 0 fully saturated rings. The van der Waals surface area contributed by atoms with Crippen LogP contribution in [0.25, 0.3) is 33.2 Å². The van der Waals surface area contributed by atoms with Crippen LogP contribution in [0.5, 0.6) is 5.75 Å². The second-order valence-electron chi connectivity index (χ2n) is 7.21. The zero-order chi connectivity index (χ0) is 21.9. The van der Waals surface area contributed by atoms with Gasteiger partial charge >= 0.3 is 0 Å². The Kier molecular flexibility index (Phi) is 5.03. The van der Waals surface area contributed by atoms with Crippen LogP contribution in [0, 0.1) is 11.8 Å². The van der Waals surface area contributed by atoms with Gasteiger partial charge in [-0.25, -0.2) is 0 Å².